The number of hydrogen-bond acceptors (Lipinski definition) is 0. The number of halogens is 1. The van der Waals surface area contributed by atoms with E-state index in [0.717, 1.165) is 0 Å². The second-order valence-corrected chi connectivity index (χ2v) is 4.12. The second-order valence-electron chi connectivity index (χ2n) is 2.96. The molecule has 0 atom stereocenters. The zero-order chi connectivity index (χ0) is 9.14. The highest BCUT2D eigenvalue weighted by molar-refractivity contribution is 14.1. The summed E-state index contributed by atoms with van der Waals surface area (Å²) < 4.78 is 1.35. The molecule has 0 spiro atoms. The van der Waals surface area contributed by atoms with Crippen molar-refractivity contribution < 1.29 is 0 Å². The molecule has 0 aliphatic rings. The number of benzene rings is 1. The summed E-state index contributed by atoms with van der Waals surface area (Å²) >= 11 is 2.38. The first-order valence-electron chi connectivity index (χ1n) is 4.04. The molecule has 0 aliphatic carbocycles. The predicted octanol–water partition coefficient (Wildman–Crippen LogP) is 3.94. The van der Waals surface area contributed by atoms with Crippen molar-refractivity contribution in [1.29, 1.82) is 0 Å². The normalized spacial score (nSPS) is 11.0. The maximum absolute atomic E-state index is 2.38. The van der Waals surface area contributed by atoms with Gasteiger partial charge in [-0.3, -0.25) is 0 Å². The monoisotopic (exact) mass is 272 g/mol. The Balaban J connectivity index is 3.27. The molecular formula is C11H13I. The van der Waals surface area contributed by atoms with E-state index in [1.165, 1.54) is 20.3 Å². The summed E-state index contributed by atoms with van der Waals surface area (Å²) in [7, 11) is 0. The molecule has 0 amide bonds. The van der Waals surface area contributed by atoms with Crippen LogP contribution in [0.2, 0.25) is 0 Å². The van der Waals surface area contributed by atoms with Gasteiger partial charge in [-0.2, -0.15) is 0 Å². The molecule has 0 heterocycles. The summed E-state index contributed by atoms with van der Waals surface area (Å²) in [5, 5.41) is 0. The number of aryl methyl sites for hydroxylation is 1. The molecule has 1 rings (SSSR count). The van der Waals surface area contributed by atoms with E-state index in [-0.39, 0.29) is 0 Å². The standard InChI is InChI=1S/C11H13I/c1-4-5-10-6-8(2)7-11(12)9(10)3/h4-7H,1-3H3/b5-4-. The fourth-order valence-electron chi connectivity index (χ4n) is 1.19. The number of allylic oxidation sites excluding steroid dienone is 1. The lowest BCUT2D eigenvalue weighted by atomic mass is 10.1. The van der Waals surface area contributed by atoms with Crippen LogP contribution in [-0.2, 0) is 0 Å². The molecule has 0 radical (unpaired) electrons. The molecule has 0 aliphatic heterocycles. The average Bonchev–Trinajstić information content (AvgIpc) is 2.00. The molecule has 0 saturated carbocycles. The van der Waals surface area contributed by atoms with Crippen molar-refractivity contribution in [2.45, 2.75) is 20.8 Å². The van der Waals surface area contributed by atoms with E-state index in [2.05, 4.69) is 67.6 Å². The first-order chi connectivity index (χ1) is 5.65. The quantitative estimate of drug-likeness (QED) is 0.679. The maximum atomic E-state index is 2.38. The molecule has 0 unspecified atom stereocenters. The van der Waals surface area contributed by atoms with Gasteiger partial charge >= 0.3 is 0 Å². The van der Waals surface area contributed by atoms with Gasteiger partial charge in [0, 0.05) is 3.57 Å². The number of rotatable bonds is 1. The van der Waals surface area contributed by atoms with Gasteiger partial charge in [0.2, 0.25) is 0 Å². The molecule has 64 valence electrons. The van der Waals surface area contributed by atoms with Crippen LogP contribution in [0.1, 0.15) is 23.6 Å². The highest BCUT2D eigenvalue weighted by Crippen LogP contribution is 2.19. The molecule has 0 saturated heterocycles. The molecule has 0 fully saturated rings. The summed E-state index contributed by atoms with van der Waals surface area (Å²) in [6.45, 7) is 6.35. The summed E-state index contributed by atoms with van der Waals surface area (Å²) in [5.41, 5.74) is 4.04. The van der Waals surface area contributed by atoms with E-state index in [0.29, 0.717) is 0 Å². The fraction of sp³-hybridized carbons (Fsp3) is 0.273. The maximum Gasteiger partial charge on any atom is 0.0168 e. The first kappa shape index (κ1) is 9.78. The summed E-state index contributed by atoms with van der Waals surface area (Å²) in [4.78, 5) is 0. The van der Waals surface area contributed by atoms with Gasteiger partial charge < -0.3 is 0 Å². The van der Waals surface area contributed by atoms with Crippen LogP contribution in [0.5, 0.6) is 0 Å². The zero-order valence-electron chi connectivity index (χ0n) is 7.69. The van der Waals surface area contributed by atoms with Gasteiger partial charge in [0.25, 0.3) is 0 Å². The van der Waals surface area contributed by atoms with Gasteiger partial charge in [0.05, 0.1) is 0 Å². The Bertz CT molecular complexity index is 311. The van der Waals surface area contributed by atoms with Gasteiger partial charge in [0.1, 0.15) is 0 Å². The van der Waals surface area contributed by atoms with Crippen LogP contribution in [0, 0.1) is 17.4 Å². The van der Waals surface area contributed by atoms with Gasteiger partial charge in [-0.25, -0.2) is 0 Å². The van der Waals surface area contributed by atoms with Crippen LogP contribution in [0.25, 0.3) is 6.08 Å². The molecule has 0 bridgehead atoms. The highest BCUT2D eigenvalue weighted by Gasteiger charge is 1.99. The third-order valence-electron chi connectivity index (χ3n) is 1.88. The van der Waals surface area contributed by atoms with Gasteiger partial charge in [0.15, 0.2) is 0 Å². The minimum atomic E-state index is 1.33. The Morgan fingerprint density at radius 2 is 1.92 bits per heavy atom. The smallest absolute Gasteiger partial charge is 0.0168 e. The second kappa shape index (κ2) is 4.08. The highest BCUT2D eigenvalue weighted by atomic mass is 127. The van der Waals surface area contributed by atoms with Crippen molar-refractivity contribution in [3.63, 3.8) is 0 Å². The van der Waals surface area contributed by atoms with Crippen molar-refractivity contribution in [1.82, 2.24) is 0 Å². The van der Waals surface area contributed by atoms with Gasteiger partial charge in [-0.05, 0) is 66.1 Å². The SMILES string of the molecule is C/C=C\c1cc(C)cc(I)c1C. The first-order valence-corrected chi connectivity index (χ1v) is 5.12. The van der Waals surface area contributed by atoms with Crippen molar-refractivity contribution in [3.05, 3.63) is 38.5 Å². The van der Waals surface area contributed by atoms with Crippen molar-refractivity contribution >= 4 is 28.7 Å². The topological polar surface area (TPSA) is 0 Å². The third kappa shape index (κ3) is 2.09. The minimum Gasteiger partial charge on any atom is -0.0871 e. The Morgan fingerprint density at radius 1 is 1.25 bits per heavy atom. The predicted molar refractivity (Wildman–Crippen MR) is 63.3 cm³/mol. The molecular weight excluding hydrogens is 259 g/mol. The van der Waals surface area contributed by atoms with Crippen molar-refractivity contribution in [2.24, 2.45) is 0 Å². The van der Waals surface area contributed by atoms with E-state index >= 15 is 0 Å². The van der Waals surface area contributed by atoms with Crippen LogP contribution < -0.4 is 0 Å². The molecule has 0 N–H and O–H groups in total. The van der Waals surface area contributed by atoms with Crippen molar-refractivity contribution in [2.75, 3.05) is 0 Å². The average molecular weight is 272 g/mol. The summed E-state index contributed by atoms with van der Waals surface area (Å²) in [5.74, 6) is 0. The van der Waals surface area contributed by atoms with Crippen LogP contribution in [-0.4, -0.2) is 0 Å². The fourth-order valence-corrected chi connectivity index (χ4v) is 2.00. The van der Waals surface area contributed by atoms with Crippen LogP contribution in [0.15, 0.2) is 18.2 Å². The molecule has 1 aromatic rings. The zero-order valence-corrected chi connectivity index (χ0v) is 9.84. The summed E-state index contributed by atoms with van der Waals surface area (Å²) in [6, 6.07) is 4.43. The van der Waals surface area contributed by atoms with E-state index in [1.54, 1.807) is 0 Å². The largest absolute Gasteiger partial charge is 0.0871 e. The van der Waals surface area contributed by atoms with E-state index < -0.39 is 0 Å². The van der Waals surface area contributed by atoms with Crippen LogP contribution >= 0.6 is 22.6 Å². The lowest BCUT2D eigenvalue weighted by Crippen LogP contribution is -1.87. The number of hydrogen-bond donors (Lipinski definition) is 0. The molecule has 1 aromatic carbocycles. The molecule has 12 heavy (non-hydrogen) atoms. The van der Waals surface area contributed by atoms with Gasteiger partial charge in [-0.15, -0.1) is 0 Å². The Labute approximate surface area is 87.8 Å². The van der Waals surface area contributed by atoms with E-state index in [1.807, 2.05) is 0 Å². The lowest BCUT2D eigenvalue weighted by molar-refractivity contribution is 1.34. The Morgan fingerprint density at radius 3 is 2.50 bits per heavy atom. The Kier molecular flexibility index (Phi) is 3.32. The molecule has 1 heteroatoms. The van der Waals surface area contributed by atoms with Gasteiger partial charge in [-0.1, -0.05) is 18.2 Å². The Hall–Kier alpha value is -0.310. The van der Waals surface area contributed by atoms with E-state index in [4.69, 9.17) is 0 Å². The third-order valence-corrected chi connectivity index (χ3v) is 3.00. The van der Waals surface area contributed by atoms with Crippen LogP contribution in [0.3, 0.4) is 0 Å². The van der Waals surface area contributed by atoms with Crippen molar-refractivity contribution in [3.8, 4) is 0 Å². The summed E-state index contributed by atoms with van der Waals surface area (Å²) in [6.07, 6.45) is 4.24. The minimum absolute atomic E-state index is 1.33. The molecule has 0 nitrogen and oxygen atoms in total. The van der Waals surface area contributed by atoms with Crippen LogP contribution in [0.4, 0.5) is 0 Å². The van der Waals surface area contributed by atoms with E-state index in [9.17, 15) is 0 Å². The molecule has 0 aromatic heterocycles. The lowest BCUT2D eigenvalue weighted by Gasteiger charge is -2.04.